The fraction of sp³-hybridized carbons (Fsp3) is 0.100. The Kier molecular flexibility index (Phi) is 3.82. The molecule has 2 aromatic heterocycles. The van der Waals surface area contributed by atoms with Gasteiger partial charge in [0, 0.05) is 12.6 Å². The lowest BCUT2D eigenvalue weighted by molar-refractivity contribution is 0.0970. The number of ketones is 1. The Balaban J connectivity index is 1.71. The van der Waals surface area contributed by atoms with E-state index >= 15 is 0 Å². The number of aromatic nitrogens is 4. The molecule has 0 radical (unpaired) electrons. The number of aryl methyl sites for hydroxylation is 1. The average Bonchev–Trinajstić information content (AvgIpc) is 3.29. The van der Waals surface area contributed by atoms with Crippen LogP contribution < -0.4 is 0 Å². The molecule has 0 aliphatic rings. The molecular formula is C20H15N5O. The Morgan fingerprint density at radius 3 is 2.62 bits per heavy atom. The summed E-state index contributed by atoms with van der Waals surface area (Å²) in [5, 5.41) is 16.6. The molecule has 0 amide bonds. The first kappa shape index (κ1) is 15.8. The Hall–Kier alpha value is -3.72. The molecule has 26 heavy (non-hydrogen) atoms. The summed E-state index contributed by atoms with van der Waals surface area (Å²) in [5.41, 5.74) is 3.50. The number of imidazole rings is 1. The summed E-state index contributed by atoms with van der Waals surface area (Å²) in [4.78, 5) is 17.4. The Morgan fingerprint density at radius 2 is 1.88 bits per heavy atom. The van der Waals surface area contributed by atoms with Gasteiger partial charge in [0.2, 0.25) is 5.78 Å². The number of para-hydroxylation sites is 2. The van der Waals surface area contributed by atoms with Crippen molar-refractivity contribution >= 4 is 16.8 Å². The number of nitrogens with zero attached hydrogens (tertiary/aromatic N) is 4. The number of fused-ring (bicyclic) bond motifs is 1. The number of carbonyl (C=O) groups excluding carboxylic acids is 1. The van der Waals surface area contributed by atoms with E-state index in [2.05, 4.69) is 21.3 Å². The van der Waals surface area contributed by atoms with Gasteiger partial charge in [-0.3, -0.25) is 9.89 Å². The highest BCUT2D eigenvalue weighted by Gasteiger charge is 2.28. The van der Waals surface area contributed by atoms with Crippen LogP contribution in [0.25, 0.3) is 22.3 Å². The Morgan fingerprint density at radius 1 is 1.15 bits per heavy atom. The van der Waals surface area contributed by atoms with Gasteiger partial charge in [-0.25, -0.2) is 4.98 Å². The minimum atomic E-state index is -1.00. The maximum Gasteiger partial charge on any atom is 0.205 e. The number of hydrogen-bond donors (Lipinski definition) is 1. The molecule has 0 spiro atoms. The van der Waals surface area contributed by atoms with Crippen molar-refractivity contribution in [3.8, 4) is 17.3 Å². The third-order valence-corrected chi connectivity index (χ3v) is 4.38. The lowest BCUT2D eigenvalue weighted by Crippen LogP contribution is -2.16. The standard InChI is InChI=1S/C20H15N5O/c1-25-18-10-6-5-9-15(18)22-20(25)14(12-21)19(26)17-11-16(23-24-17)13-7-3-2-4-8-13/h2-11,14H,1H3,(H,23,24)/t14-/m0/s1. The highest BCUT2D eigenvalue weighted by Crippen LogP contribution is 2.25. The summed E-state index contributed by atoms with van der Waals surface area (Å²) < 4.78 is 1.79. The molecule has 6 nitrogen and oxygen atoms in total. The van der Waals surface area contributed by atoms with E-state index < -0.39 is 5.92 Å². The van der Waals surface area contributed by atoms with Crippen molar-refractivity contribution in [2.24, 2.45) is 7.05 Å². The first-order valence-corrected chi connectivity index (χ1v) is 8.15. The molecule has 4 rings (SSSR count). The summed E-state index contributed by atoms with van der Waals surface area (Å²) in [6.45, 7) is 0. The van der Waals surface area contributed by atoms with E-state index in [0.29, 0.717) is 17.2 Å². The maximum atomic E-state index is 12.9. The van der Waals surface area contributed by atoms with Crippen LogP contribution >= 0.6 is 0 Å². The number of nitrogens with one attached hydrogen (secondary N) is 1. The fourth-order valence-electron chi connectivity index (χ4n) is 3.02. The number of hydrogen-bond acceptors (Lipinski definition) is 4. The summed E-state index contributed by atoms with van der Waals surface area (Å²) in [5.74, 6) is -0.924. The van der Waals surface area contributed by atoms with Gasteiger partial charge in [-0.2, -0.15) is 10.4 Å². The van der Waals surface area contributed by atoms with E-state index in [-0.39, 0.29) is 5.78 Å². The summed E-state index contributed by atoms with van der Waals surface area (Å²) in [6, 6.07) is 20.9. The third-order valence-electron chi connectivity index (χ3n) is 4.38. The topological polar surface area (TPSA) is 87.4 Å². The third kappa shape index (κ3) is 2.56. The SMILES string of the molecule is Cn1c([C@@H](C#N)C(=O)c2cc(-c3ccccc3)n[nH]2)nc2ccccc21. The summed E-state index contributed by atoms with van der Waals surface area (Å²) in [7, 11) is 1.81. The summed E-state index contributed by atoms with van der Waals surface area (Å²) in [6.07, 6.45) is 0. The van der Waals surface area contributed by atoms with Gasteiger partial charge >= 0.3 is 0 Å². The number of carbonyl (C=O) groups is 1. The second kappa shape index (κ2) is 6.30. The Labute approximate surface area is 149 Å². The van der Waals surface area contributed by atoms with Crippen LogP contribution in [0.15, 0.2) is 60.7 Å². The number of rotatable bonds is 4. The normalized spacial score (nSPS) is 12.0. The van der Waals surface area contributed by atoms with Crippen LogP contribution in [0.3, 0.4) is 0 Å². The highest BCUT2D eigenvalue weighted by molar-refractivity contribution is 6.01. The first-order chi connectivity index (χ1) is 12.7. The number of Topliss-reactive ketones (excluding diaryl/α,β-unsaturated/α-hetero) is 1. The van der Waals surface area contributed by atoms with Gasteiger partial charge in [-0.05, 0) is 18.2 Å². The predicted molar refractivity (Wildman–Crippen MR) is 97.4 cm³/mol. The molecule has 0 aliphatic carbocycles. The van der Waals surface area contributed by atoms with Crippen molar-refractivity contribution in [3.63, 3.8) is 0 Å². The van der Waals surface area contributed by atoms with Crippen molar-refractivity contribution < 1.29 is 4.79 Å². The minimum absolute atomic E-state index is 0.294. The number of benzene rings is 2. The van der Waals surface area contributed by atoms with Crippen molar-refractivity contribution in [2.45, 2.75) is 5.92 Å². The van der Waals surface area contributed by atoms with Crippen molar-refractivity contribution in [3.05, 3.63) is 72.2 Å². The van der Waals surface area contributed by atoms with E-state index in [0.717, 1.165) is 16.6 Å². The van der Waals surface area contributed by atoms with Gasteiger partial charge in [0.25, 0.3) is 0 Å². The van der Waals surface area contributed by atoms with Crippen LogP contribution in [0.5, 0.6) is 0 Å². The molecule has 6 heteroatoms. The molecule has 0 bridgehead atoms. The smallest absolute Gasteiger partial charge is 0.205 e. The number of aromatic amines is 1. The monoisotopic (exact) mass is 341 g/mol. The van der Waals surface area contributed by atoms with Gasteiger partial charge in [0.1, 0.15) is 11.5 Å². The molecule has 126 valence electrons. The lowest BCUT2D eigenvalue weighted by atomic mass is 10.0. The second-order valence-electron chi connectivity index (χ2n) is 5.98. The van der Waals surface area contributed by atoms with Crippen LogP contribution in [-0.2, 0) is 7.05 Å². The molecular weight excluding hydrogens is 326 g/mol. The molecule has 0 saturated heterocycles. The molecule has 2 heterocycles. The maximum absolute atomic E-state index is 12.9. The molecule has 2 aromatic carbocycles. The number of H-pyrrole nitrogens is 1. The van der Waals surface area contributed by atoms with E-state index in [4.69, 9.17) is 0 Å². The molecule has 0 fully saturated rings. The van der Waals surface area contributed by atoms with Crippen molar-refractivity contribution in [2.75, 3.05) is 0 Å². The van der Waals surface area contributed by atoms with Crippen LogP contribution in [0.1, 0.15) is 22.2 Å². The van der Waals surface area contributed by atoms with Crippen LogP contribution in [0.4, 0.5) is 0 Å². The second-order valence-corrected chi connectivity index (χ2v) is 5.98. The van der Waals surface area contributed by atoms with Gasteiger partial charge in [0.05, 0.1) is 22.8 Å². The highest BCUT2D eigenvalue weighted by atomic mass is 16.1. The Bertz CT molecular complexity index is 1130. The zero-order valence-corrected chi connectivity index (χ0v) is 14.0. The van der Waals surface area contributed by atoms with Gasteiger partial charge in [0.15, 0.2) is 5.92 Å². The quantitative estimate of drug-likeness (QED) is 0.576. The van der Waals surface area contributed by atoms with Crippen LogP contribution in [0, 0.1) is 11.3 Å². The summed E-state index contributed by atoms with van der Waals surface area (Å²) >= 11 is 0. The zero-order chi connectivity index (χ0) is 18.1. The molecule has 0 unspecified atom stereocenters. The van der Waals surface area contributed by atoms with E-state index in [1.807, 2.05) is 61.6 Å². The zero-order valence-electron chi connectivity index (χ0n) is 14.0. The van der Waals surface area contributed by atoms with E-state index in [9.17, 15) is 10.1 Å². The predicted octanol–water partition coefficient (Wildman–Crippen LogP) is 3.45. The molecule has 1 N–H and O–H groups in total. The minimum Gasteiger partial charge on any atom is -0.330 e. The molecule has 4 aromatic rings. The van der Waals surface area contributed by atoms with Gasteiger partial charge in [-0.15, -0.1) is 0 Å². The van der Waals surface area contributed by atoms with E-state index in [1.165, 1.54) is 0 Å². The van der Waals surface area contributed by atoms with Gasteiger partial charge in [-0.1, -0.05) is 42.5 Å². The van der Waals surface area contributed by atoms with Crippen molar-refractivity contribution in [1.29, 1.82) is 5.26 Å². The lowest BCUT2D eigenvalue weighted by Gasteiger charge is -2.07. The molecule has 1 atom stereocenters. The van der Waals surface area contributed by atoms with Crippen LogP contribution in [0.2, 0.25) is 0 Å². The van der Waals surface area contributed by atoms with Gasteiger partial charge < -0.3 is 4.57 Å². The van der Waals surface area contributed by atoms with Crippen LogP contribution in [-0.4, -0.2) is 25.5 Å². The molecule has 0 aliphatic heterocycles. The fourth-order valence-corrected chi connectivity index (χ4v) is 3.02. The number of nitriles is 1. The first-order valence-electron chi connectivity index (χ1n) is 8.15. The molecule has 0 saturated carbocycles. The van der Waals surface area contributed by atoms with Crippen molar-refractivity contribution in [1.82, 2.24) is 19.7 Å². The largest absolute Gasteiger partial charge is 0.330 e. The van der Waals surface area contributed by atoms with E-state index in [1.54, 1.807) is 10.6 Å². The average molecular weight is 341 g/mol.